The summed E-state index contributed by atoms with van der Waals surface area (Å²) in [5.41, 5.74) is 8.98. The number of amides is 1. The van der Waals surface area contributed by atoms with Gasteiger partial charge in [-0.25, -0.2) is 9.67 Å². The van der Waals surface area contributed by atoms with Gasteiger partial charge >= 0.3 is 0 Å². The van der Waals surface area contributed by atoms with E-state index in [-0.39, 0.29) is 12.3 Å². The molecule has 1 amide bonds. The highest BCUT2D eigenvalue weighted by Gasteiger charge is 2.18. The highest BCUT2D eigenvalue weighted by atomic mass is 32.1. The molecule has 0 aliphatic carbocycles. The number of carbonyl (C=O) groups excluding carboxylic acids is 1. The van der Waals surface area contributed by atoms with Crippen LogP contribution in [0.15, 0.2) is 47.8 Å². The third-order valence-corrected chi connectivity index (χ3v) is 6.36. The summed E-state index contributed by atoms with van der Waals surface area (Å²) in [5, 5.41) is 10.6. The van der Waals surface area contributed by atoms with Gasteiger partial charge < -0.3 is 5.32 Å². The predicted molar refractivity (Wildman–Crippen MR) is 127 cm³/mol. The van der Waals surface area contributed by atoms with Crippen LogP contribution in [0.4, 0.5) is 5.69 Å². The zero-order valence-corrected chi connectivity index (χ0v) is 19.3. The van der Waals surface area contributed by atoms with Crippen LogP contribution in [0.3, 0.4) is 0 Å². The van der Waals surface area contributed by atoms with Crippen molar-refractivity contribution >= 4 is 22.9 Å². The Kier molecular flexibility index (Phi) is 5.74. The van der Waals surface area contributed by atoms with Gasteiger partial charge in [0.15, 0.2) is 0 Å². The van der Waals surface area contributed by atoms with Gasteiger partial charge in [-0.1, -0.05) is 48.0 Å². The van der Waals surface area contributed by atoms with Gasteiger partial charge in [0.05, 0.1) is 17.8 Å². The van der Waals surface area contributed by atoms with Gasteiger partial charge in [0.25, 0.3) is 0 Å². The first kappa shape index (κ1) is 21.0. The van der Waals surface area contributed by atoms with Crippen LogP contribution in [-0.4, -0.2) is 20.7 Å². The number of thiazole rings is 1. The smallest absolute Gasteiger partial charge is 0.228 e. The van der Waals surface area contributed by atoms with Crippen LogP contribution in [0.5, 0.6) is 0 Å². The Balaban J connectivity index is 1.57. The SMILES string of the molecule is Cc1ccc(-c2csc(-n3nc(C)c(CC(=O)Nc4c(C)cccc4C)c3C)n2)cc1. The molecule has 2 heterocycles. The third kappa shape index (κ3) is 4.30. The molecule has 0 fully saturated rings. The Morgan fingerprint density at radius 1 is 1.00 bits per heavy atom. The second-order valence-corrected chi connectivity index (χ2v) is 8.77. The largest absolute Gasteiger partial charge is 0.325 e. The number of benzene rings is 2. The van der Waals surface area contributed by atoms with E-state index in [4.69, 9.17) is 4.98 Å². The Labute approximate surface area is 186 Å². The summed E-state index contributed by atoms with van der Waals surface area (Å²) in [6.45, 7) is 10.0. The van der Waals surface area contributed by atoms with Crippen LogP contribution in [0, 0.1) is 34.6 Å². The zero-order chi connectivity index (χ0) is 22.1. The van der Waals surface area contributed by atoms with Crippen molar-refractivity contribution in [2.45, 2.75) is 41.0 Å². The number of hydrogen-bond donors (Lipinski definition) is 1. The fourth-order valence-electron chi connectivity index (χ4n) is 3.69. The number of anilines is 1. The Morgan fingerprint density at radius 2 is 1.68 bits per heavy atom. The molecule has 0 saturated carbocycles. The number of rotatable bonds is 5. The maximum Gasteiger partial charge on any atom is 0.228 e. The van der Waals surface area contributed by atoms with E-state index in [1.807, 2.05) is 56.0 Å². The first-order valence-electron chi connectivity index (χ1n) is 10.3. The minimum absolute atomic E-state index is 0.0392. The maximum absolute atomic E-state index is 12.8. The summed E-state index contributed by atoms with van der Waals surface area (Å²) < 4.78 is 1.85. The highest BCUT2D eigenvalue weighted by molar-refractivity contribution is 7.12. The monoisotopic (exact) mass is 430 g/mol. The fourth-order valence-corrected chi connectivity index (χ4v) is 4.53. The van der Waals surface area contributed by atoms with E-state index < -0.39 is 0 Å². The van der Waals surface area contributed by atoms with Gasteiger partial charge in [-0.2, -0.15) is 5.10 Å². The molecule has 0 aliphatic rings. The predicted octanol–water partition coefficient (Wildman–Crippen LogP) is 5.72. The van der Waals surface area contributed by atoms with E-state index in [1.165, 1.54) is 5.56 Å². The Hall–Kier alpha value is -3.25. The fraction of sp³-hybridized carbons (Fsp3) is 0.240. The van der Waals surface area contributed by atoms with Gasteiger partial charge in [0.1, 0.15) is 0 Å². The van der Waals surface area contributed by atoms with E-state index >= 15 is 0 Å². The molecule has 2 aromatic heterocycles. The molecule has 0 aliphatic heterocycles. The molecule has 0 spiro atoms. The molecular formula is C25H26N4OS. The lowest BCUT2D eigenvalue weighted by Gasteiger charge is -2.11. The first-order valence-corrected chi connectivity index (χ1v) is 11.2. The lowest BCUT2D eigenvalue weighted by molar-refractivity contribution is -0.115. The standard InChI is InChI=1S/C25H26N4OS/c1-15-9-11-20(12-10-15)22-14-31-25(26-22)29-19(5)21(18(4)28-29)13-23(30)27-24-16(2)7-6-8-17(24)3/h6-12,14H,13H2,1-5H3,(H,27,30). The molecule has 4 aromatic rings. The minimum atomic E-state index is -0.0392. The van der Waals surface area contributed by atoms with Gasteiger partial charge in [0, 0.05) is 27.9 Å². The molecule has 0 unspecified atom stereocenters. The van der Waals surface area contributed by atoms with Gasteiger partial charge in [-0.3, -0.25) is 4.79 Å². The summed E-state index contributed by atoms with van der Waals surface area (Å²) in [4.78, 5) is 17.6. The average molecular weight is 431 g/mol. The number of para-hydroxylation sites is 1. The Bertz CT molecular complexity index is 1230. The number of aryl methyl sites for hydroxylation is 4. The number of nitrogens with zero attached hydrogens (tertiary/aromatic N) is 3. The molecule has 2 aromatic carbocycles. The van der Waals surface area contributed by atoms with E-state index in [0.717, 1.165) is 50.2 Å². The summed E-state index contributed by atoms with van der Waals surface area (Å²) in [5.74, 6) is -0.0392. The van der Waals surface area contributed by atoms with Crippen LogP contribution in [0.25, 0.3) is 16.4 Å². The second kappa shape index (κ2) is 8.47. The van der Waals surface area contributed by atoms with Crippen molar-refractivity contribution in [2.24, 2.45) is 0 Å². The van der Waals surface area contributed by atoms with Gasteiger partial charge in [0.2, 0.25) is 11.0 Å². The highest BCUT2D eigenvalue weighted by Crippen LogP contribution is 2.27. The van der Waals surface area contributed by atoms with Crippen molar-refractivity contribution in [2.75, 3.05) is 5.32 Å². The number of carbonyl (C=O) groups is 1. The van der Waals surface area contributed by atoms with Gasteiger partial charge in [-0.05, 0) is 45.7 Å². The van der Waals surface area contributed by atoms with Crippen molar-refractivity contribution in [1.29, 1.82) is 0 Å². The zero-order valence-electron chi connectivity index (χ0n) is 18.5. The van der Waals surface area contributed by atoms with Crippen LogP contribution in [0.2, 0.25) is 0 Å². The van der Waals surface area contributed by atoms with Crippen molar-refractivity contribution in [1.82, 2.24) is 14.8 Å². The van der Waals surface area contributed by atoms with Crippen LogP contribution in [-0.2, 0) is 11.2 Å². The summed E-state index contributed by atoms with van der Waals surface area (Å²) in [7, 11) is 0. The lowest BCUT2D eigenvalue weighted by atomic mass is 10.1. The average Bonchev–Trinajstić information content (AvgIpc) is 3.32. The molecule has 1 N–H and O–H groups in total. The summed E-state index contributed by atoms with van der Waals surface area (Å²) >= 11 is 1.55. The molecule has 0 saturated heterocycles. The quantitative estimate of drug-likeness (QED) is 0.440. The van der Waals surface area contributed by atoms with E-state index in [2.05, 4.69) is 41.6 Å². The van der Waals surface area contributed by atoms with Crippen LogP contribution < -0.4 is 5.32 Å². The van der Waals surface area contributed by atoms with Crippen molar-refractivity contribution in [3.63, 3.8) is 0 Å². The van der Waals surface area contributed by atoms with Crippen LogP contribution in [0.1, 0.15) is 33.6 Å². The molecule has 4 rings (SSSR count). The van der Waals surface area contributed by atoms with E-state index in [1.54, 1.807) is 11.3 Å². The topological polar surface area (TPSA) is 59.8 Å². The third-order valence-electron chi connectivity index (χ3n) is 5.54. The molecule has 31 heavy (non-hydrogen) atoms. The molecule has 6 heteroatoms. The van der Waals surface area contributed by atoms with Gasteiger partial charge in [-0.15, -0.1) is 11.3 Å². The first-order chi connectivity index (χ1) is 14.8. The maximum atomic E-state index is 12.8. The normalized spacial score (nSPS) is 11.0. The lowest BCUT2D eigenvalue weighted by Crippen LogP contribution is -2.17. The molecule has 5 nitrogen and oxygen atoms in total. The van der Waals surface area contributed by atoms with Crippen molar-refractivity contribution in [3.05, 3.63) is 81.5 Å². The number of hydrogen-bond acceptors (Lipinski definition) is 4. The van der Waals surface area contributed by atoms with Crippen LogP contribution >= 0.6 is 11.3 Å². The summed E-state index contributed by atoms with van der Waals surface area (Å²) in [6, 6.07) is 14.3. The second-order valence-electron chi connectivity index (χ2n) is 7.93. The van der Waals surface area contributed by atoms with E-state index in [9.17, 15) is 4.79 Å². The molecule has 0 radical (unpaired) electrons. The summed E-state index contributed by atoms with van der Waals surface area (Å²) in [6.07, 6.45) is 0.279. The number of aromatic nitrogens is 3. The molecule has 0 atom stereocenters. The van der Waals surface area contributed by atoms with E-state index in [0.29, 0.717) is 0 Å². The van der Waals surface area contributed by atoms with Crippen molar-refractivity contribution < 1.29 is 4.79 Å². The number of nitrogens with one attached hydrogen (secondary N) is 1. The molecule has 158 valence electrons. The molecule has 0 bridgehead atoms. The Morgan fingerprint density at radius 3 is 2.35 bits per heavy atom. The minimum Gasteiger partial charge on any atom is -0.325 e. The molecular weight excluding hydrogens is 404 g/mol. The van der Waals surface area contributed by atoms with Crippen molar-refractivity contribution in [3.8, 4) is 16.4 Å².